The predicted octanol–water partition coefficient (Wildman–Crippen LogP) is 3.97. The van der Waals surface area contributed by atoms with E-state index in [0.29, 0.717) is 23.8 Å². The van der Waals surface area contributed by atoms with E-state index >= 15 is 0 Å². The van der Waals surface area contributed by atoms with Crippen molar-refractivity contribution in [2.45, 2.75) is 13.0 Å². The van der Waals surface area contributed by atoms with Gasteiger partial charge in [0.1, 0.15) is 22.8 Å². The van der Waals surface area contributed by atoms with Crippen LogP contribution in [0.25, 0.3) is 27.8 Å². The fraction of sp³-hybridized carbons (Fsp3) is 0.280. The number of likely N-dealkylation sites (N-methyl/N-ethyl adjacent to an activating group) is 1. The Hall–Kier alpha value is -4.12. The number of imidazole rings is 1. The molecule has 6 heterocycles. The van der Waals surface area contributed by atoms with Crippen LogP contribution in [0.2, 0.25) is 0 Å². The van der Waals surface area contributed by atoms with Gasteiger partial charge in [-0.1, -0.05) is 6.07 Å². The first kappa shape index (κ1) is 22.4. The smallest absolute Gasteiger partial charge is 0.280 e. The van der Waals surface area contributed by atoms with E-state index in [0.717, 1.165) is 54.1 Å². The Kier molecular flexibility index (Phi) is 5.68. The van der Waals surface area contributed by atoms with Crippen molar-refractivity contribution in [1.82, 2.24) is 34.2 Å². The minimum absolute atomic E-state index is 0.138. The Morgan fingerprint density at radius 1 is 1.00 bits per heavy atom. The first-order valence-corrected chi connectivity index (χ1v) is 11.8. The number of nitrogens with one attached hydrogen (secondary N) is 2. The van der Waals surface area contributed by atoms with Crippen LogP contribution in [0, 0.1) is 0 Å². The molecule has 6 rings (SSSR count). The van der Waals surface area contributed by atoms with Crippen LogP contribution in [0.1, 0.15) is 17.7 Å². The van der Waals surface area contributed by atoms with E-state index < -0.39 is 6.43 Å². The number of aromatic amines is 1. The van der Waals surface area contributed by atoms with Crippen LogP contribution in [-0.2, 0) is 6.54 Å². The number of anilines is 2. The Balaban J connectivity index is 1.17. The van der Waals surface area contributed by atoms with Crippen molar-refractivity contribution in [3.05, 3.63) is 66.5 Å². The summed E-state index contributed by atoms with van der Waals surface area (Å²) in [6.45, 7) is 4.59. The molecular formula is C25H25F2N9. The maximum atomic E-state index is 13.3. The molecule has 0 bridgehead atoms. The number of piperazine rings is 1. The van der Waals surface area contributed by atoms with Crippen molar-refractivity contribution in [2.24, 2.45) is 0 Å². The Morgan fingerprint density at radius 2 is 1.86 bits per heavy atom. The summed E-state index contributed by atoms with van der Waals surface area (Å²) in [7, 11) is 2.14. The summed E-state index contributed by atoms with van der Waals surface area (Å²) in [6.07, 6.45) is 5.69. The van der Waals surface area contributed by atoms with Crippen LogP contribution in [0.4, 0.5) is 20.5 Å². The molecule has 0 amide bonds. The average molecular weight is 490 g/mol. The molecule has 1 saturated heterocycles. The lowest BCUT2D eigenvalue weighted by molar-refractivity contribution is 0.145. The first-order chi connectivity index (χ1) is 17.5. The highest BCUT2D eigenvalue weighted by molar-refractivity contribution is 5.93. The lowest BCUT2D eigenvalue weighted by Crippen LogP contribution is -2.44. The van der Waals surface area contributed by atoms with Crippen LogP contribution in [0.5, 0.6) is 0 Å². The fourth-order valence-corrected chi connectivity index (χ4v) is 4.48. The highest BCUT2D eigenvalue weighted by atomic mass is 19.3. The third kappa shape index (κ3) is 4.22. The molecule has 0 radical (unpaired) electrons. The van der Waals surface area contributed by atoms with Crippen LogP contribution in [0.3, 0.4) is 0 Å². The third-order valence-corrected chi connectivity index (χ3v) is 6.59. The largest absolute Gasteiger partial charge is 0.354 e. The van der Waals surface area contributed by atoms with Crippen LogP contribution >= 0.6 is 0 Å². The zero-order valence-electron chi connectivity index (χ0n) is 19.7. The SMILES string of the molecule is CN1CCN(c2ccc(CNc3ncc4c(-c5ccc6ncc(C(F)F)n6c5)c[nH]c4n3)cn2)CC1. The standard InChI is InChI=1S/C25H25F2N9/c1-34-6-8-35(9-7-34)21-4-2-16(10-28-21)11-31-25-32-13-19-18(12-30-24(19)33-25)17-3-5-22-29-14-20(23(26)27)36(22)15-17/h2-5,10,12-15,23H,6-9,11H2,1H3,(H2,30,31,32,33). The summed E-state index contributed by atoms with van der Waals surface area (Å²) in [6, 6.07) is 7.70. The molecule has 0 aromatic carbocycles. The van der Waals surface area contributed by atoms with Gasteiger partial charge < -0.3 is 20.1 Å². The number of aromatic nitrogens is 6. The molecule has 0 unspecified atom stereocenters. The molecule has 184 valence electrons. The highest BCUT2D eigenvalue weighted by Crippen LogP contribution is 2.29. The van der Waals surface area contributed by atoms with Crippen molar-refractivity contribution in [3.8, 4) is 11.1 Å². The Bertz CT molecular complexity index is 1500. The number of alkyl halides is 2. The number of rotatable bonds is 6. The number of hydrogen-bond acceptors (Lipinski definition) is 7. The monoisotopic (exact) mass is 489 g/mol. The van der Waals surface area contributed by atoms with Crippen molar-refractivity contribution in [3.63, 3.8) is 0 Å². The summed E-state index contributed by atoms with van der Waals surface area (Å²) in [5.74, 6) is 1.49. The number of hydrogen-bond donors (Lipinski definition) is 2. The molecule has 2 N–H and O–H groups in total. The zero-order chi connectivity index (χ0) is 24.6. The van der Waals surface area contributed by atoms with Gasteiger partial charge in [0.05, 0.1) is 6.20 Å². The summed E-state index contributed by atoms with van der Waals surface area (Å²) in [5.41, 5.74) is 3.63. The van der Waals surface area contributed by atoms with E-state index in [9.17, 15) is 8.78 Å². The summed E-state index contributed by atoms with van der Waals surface area (Å²) in [5, 5.41) is 4.05. The molecule has 0 spiro atoms. The van der Waals surface area contributed by atoms with E-state index in [1.807, 2.05) is 18.5 Å². The van der Waals surface area contributed by atoms with Gasteiger partial charge in [-0.3, -0.25) is 4.40 Å². The summed E-state index contributed by atoms with van der Waals surface area (Å²) >= 11 is 0. The van der Waals surface area contributed by atoms with Crippen LogP contribution in [0.15, 0.2) is 55.2 Å². The van der Waals surface area contributed by atoms with Gasteiger partial charge in [0.25, 0.3) is 6.43 Å². The molecule has 5 aromatic rings. The lowest BCUT2D eigenvalue weighted by atomic mass is 10.1. The van der Waals surface area contributed by atoms with Gasteiger partial charge in [0.2, 0.25) is 5.95 Å². The fourth-order valence-electron chi connectivity index (χ4n) is 4.48. The van der Waals surface area contributed by atoms with E-state index in [-0.39, 0.29) is 5.69 Å². The van der Waals surface area contributed by atoms with Crippen molar-refractivity contribution in [1.29, 1.82) is 0 Å². The summed E-state index contributed by atoms with van der Waals surface area (Å²) < 4.78 is 28.0. The quantitative estimate of drug-likeness (QED) is 0.373. The zero-order valence-corrected chi connectivity index (χ0v) is 19.7. The van der Waals surface area contributed by atoms with Gasteiger partial charge in [-0.05, 0) is 30.8 Å². The molecule has 0 saturated carbocycles. The predicted molar refractivity (Wildman–Crippen MR) is 134 cm³/mol. The van der Waals surface area contributed by atoms with Crippen LogP contribution < -0.4 is 10.2 Å². The normalized spacial score (nSPS) is 14.8. The molecule has 0 aliphatic carbocycles. The van der Waals surface area contributed by atoms with Gasteiger partial charge in [-0.15, -0.1) is 0 Å². The van der Waals surface area contributed by atoms with Crippen molar-refractivity contribution < 1.29 is 8.78 Å². The van der Waals surface area contributed by atoms with Crippen LogP contribution in [-0.4, -0.2) is 67.4 Å². The minimum Gasteiger partial charge on any atom is -0.354 e. The highest BCUT2D eigenvalue weighted by Gasteiger charge is 2.16. The average Bonchev–Trinajstić information content (AvgIpc) is 3.52. The Labute approximate surface area is 205 Å². The van der Waals surface area contributed by atoms with Gasteiger partial charge in [0, 0.05) is 74.0 Å². The minimum atomic E-state index is -2.60. The second-order valence-electron chi connectivity index (χ2n) is 8.96. The molecule has 11 heteroatoms. The molecule has 9 nitrogen and oxygen atoms in total. The Morgan fingerprint density at radius 3 is 2.64 bits per heavy atom. The number of H-pyrrole nitrogens is 1. The summed E-state index contributed by atoms with van der Waals surface area (Å²) in [4.78, 5) is 25.5. The van der Waals surface area contributed by atoms with Crippen molar-refractivity contribution in [2.75, 3.05) is 43.4 Å². The second-order valence-corrected chi connectivity index (χ2v) is 8.96. The van der Waals surface area contributed by atoms with E-state index in [2.05, 4.69) is 59.2 Å². The van der Waals surface area contributed by atoms with Crippen molar-refractivity contribution >= 4 is 28.4 Å². The maximum Gasteiger partial charge on any atom is 0.280 e. The third-order valence-electron chi connectivity index (χ3n) is 6.59. The topological polar surface area (TPSA) is 90.3 Å². The van der Waals surface area contributed by atoms with E-state index in [4.69, 9.17) is 0 Å². The van der Waals surface area contributed by atoms with E-state index in [1.165, 1.54) is 10.6 Å². The van der Waals surface area contributed by atoms with Gasteiger partial charge >= 0.3 is 0 Å². The maximum absolute atomic E-state index is 13.3. The molecular weight excluding hydrogens is 464 g/mol. The van der Waals surface area contributed by atoms with Gasteiger partial charge in [0.15, 0.2) is 0 Å². The molecule has 1 fully saturated rings. The number of fused-ring (bicyclic) bond motifs is 2. The molecule has 36 heavy (non-hydrogen) atoms. The molecule has 5 aromatic heterocycles. The molecule has 0 atom stereocenters. The van der Waals surface area contributed by atoms with Gasteiger partial charge in [-0.2, -0.15) is 4.98 Å². The number of nitrogens with zero attached hydrogens (tertiary/aromatic N) is 7. The number of pyridine rings is 2. The number of halogens is 2. The van der Waals surface area contributed by atoms with E-state index in [1.54, 1.807) is 18.5 Å². The first-order valence-electron chi connectivity index (χ1n) is 11.8. The molecule has 1 aliphatic heterocycles. The molecule has 1 aliphatic rings. The second kappa shape index (κ2) is 9.15. The van der Waals surface area contributed by atoms with Gasteiger partial charge in [-0.25, -0.2) is 23.7 Å². The lowest BCUT2D eigenvalue weighted by Gasteiger charge is -2.33.